The number of benzene rings is 2. The molecule has 0 aliphatic carbocycles. The summed E-state index contributed by atoms with van der Waals surface area (Å²) in [5.74, 6) is 0.752. The average Bonchev–Trinajstić information content (AvgIpc) is 3.08. The Morgan fingerprint density at radius 3 is 2.66 bits per heavy atom. The van der Waals surface area contributed by atoms with Gasteiger partial charge in [0.05, 0.1) is 11.3 Å². The van der Waals surface area contributed by atoms with Gasteiger partial charge < -0.3 is 10.5 Å². The average molecular weight is 446 g/mol. The van der Waals surface area contributed by atoms with E-state index >= 15 is 0 Å². The Bertz CT molecular complexity index is 1170. The SMILES string of the molecule is C=CCOc1ccc(Br)cc1/C=C(\C#N)c1nn(-c2ccccc2)c(N)c1C#N. The Morgan fingerprint density at radius 1 is 1.24 bits per heavy atom. The molecule has 0 saturated carbocycles. The Balaban J connectivity index is 2.15. The first-order chi connectivity index (χ1) is 14.1. The summed E-state index contributed by atoms with van der Waals surface area (Å²) in [6.45, 7) is 3.97. The van der Waals surface area contributed by atoms with E-state index in [0.717, 1.165) is 4.47 Å². The first-order valence-electron chi connectivity index (χ1n) is 8.58. The molecule has 0 aliphatic rings. The van der Waals surface area contributed by atoms with E-state index in [1.54, 1.807) is 18.2 Å². The van der Waals surface area contributed by atoms with Crippen LogP contribution in [-0.2, 0) is 0 Å². The number of anilines is 1. The van der Waals surface area contributed by atoms with Crippen LogP contribution in [0, 0.1) is 22.7 Å². The zero-order valence-corrected chi connectivity index (χ0v) is 16.9. The minimum absolute atomic E-state index is 0.144. The third-order valence-electron chi connectivity index (χ3n) is 4.04. The fourth-order valence-electron chi connectivity index (χ4n) is 2.72. The highest BCUT2D eigenvalue weighted by Gasteiger charge is 2.20. The molecule has 0 atom stereocenters. The van der Waals surface area contributed by atoms with Gasteiger partial charge in [0.15, 0.2) is 0 Å². The van der Waals surface area contributed by atoms with Crippen molar-refractivity contribution in [3.63, 3.8) is 0 Å². The van der Waals surface area contributed by atoms with Crippen LogP contribution in [0.25, 0.3) is 17.3 Å². The van der Waals surface area contributed by atoms with Gasteiger partial charge in [0, 0.05) is 10.0 Å². The molecule has 0 spiro atoms. The van der Waals surface area contributed by atoms with Crippen molar-refractivity contribution >= 4 is 33.4 Å². The number of halogens is 1. The lowest BCUT2D eigenvalue weighted by atomic mass is 10.1. The van der Waals surface area contributed by atoms with E-state index in [0.29, 0.717) is 23.6 Å². The minimum Gasteiger partial charge on any atom is -0.489 e. The first kappa shape index (κ1) is 19.9. The lowest BCUT2D eigenvalue weighted by molar-refractivity contribution is 0.362. The van der Waals surface area contributed by atoms with Gasteiger partial charge in [0.1, 0.15) is 41.6 Å². The lowest BCUT2D eigenvalue weighted by Gasteiger charge is -2.08. The largest absolute Gasteiger partial charge is 0.489 e. The van der Waals surface area contributed by atoms with E-state index < -0.39 is 0 Å². The van der Waals surface area contributed by atoms with E-state index in [4.69, 9.17) is 10.5 Å². The zero-order chi connectivity index (χ0) is 20.8. The predicted molar refractivity (Wildman–Crippen MR) is 116 cm³/mol. The van der Waals surface area contributed by atoms with Crippen molar-refractivity contribution in [2.24, 2.45) is 0 Å². The number of aromatic nitrogens is 2. The molecule has 0 bridgehead atoms. The highest BCUT2D eigenvalue weighted by atomic mass is 79.9. The maximum Gasteiger partial charge on any atom is 0.145 e. The fraction of sp³-hybridized carbons (Fsp3) is 0.0455. The van der Waals surface area contributed by atoms with Gasteiger partial charge in [-0.05, 0) is 36.4 Å². The van der Waals surface area contributed by atoms with Gasteiger partial charge in [-0.15, -0.1) is 0 Å². The molecule has 29 heavy (non-hydrogen) atoms. The van der Waals surface area contributed by atoms with Gasteiger partial charge in [-0.2, -0.15) is 15.6 Å². The van der Waals surface area contributed by atoms with Crippen LogP contribution in [-0.4, -0.2) is 16.4 Å². The molecule has 1 aromatic heterocycles. The van der Waals surface area contributed by atoms with Gasteiger partial charge in [0.2, 0.25) is 0 Å². The molecule has 2 aromatic carbocycles. The molecule has 0 amide bonds. The highest BCUT2D eigenvalue weighted by Crippen LogP contribution is 2.30. The van der Waals surface area contributed by atoms with Crippen LogP contribution in [0.2, 0.25) is 0 Å². The summed E-state index contributed by atoms with van der Waals surface area (Å²) in [4.78, 5) is 0. The van der Waals surface area contributed by atoms with Crippen LogP contribution in [0.1, 0.15) is 16.8 Å². The Hall–Kier alpha value is -3.81. The topological polar surface area (TPSA) is 101 Å². The van der Waals surface area contributed by atoms with Crippen molar-refractivity contribution in [2.45, 2.75) is 0 Å². The molecule has 0 fully saturated rings. The lowest BCUT2D eigenvalue weighted by Crippen LogP contribution is -2.02. The Morgan fingerprint density at radius 2 is 2.00 bits per heavy atom. The molecule has 2 N–H and O–H groups in total. The number of rotatable bonds is 6. The summed E-state index contributed by atoms with van der Waals surface area (Å²) >= 11 is 3.43. The van der Waals surface area contributed by atoms with Crippen molar-refractivity contribution in [2.75, 3.05) is 12.3 Å². The van der Waals surface area contributed by atoms with Gasteiger partial charge >= 0.3 is 0 Å². The number of hydrogen-bond donors (Lipinski definition) is 1. The molecular weight excluding hydrogens is 430 g/mol. The van der Waals surface area contributed by atoms with Crippen LogP contribution in [0.5, 0.6) is 5.75 Å². The zero-order valence-electron chi connectivity index (χ0n) is 15.3. The van der Waals surface area contributed by atoms with E-state index in [1.165, 1.54) is 4.68 Å². The summed E-state index contributed by atoms with van der Waals surface area (Å²) < 4.78 is 7.94. The van der Waals surface area contributed by atoms with Gasteiger partial charge in [0.25, 0.3) is 0 Å². The first-order valence-corrected chi connectivity index (χ1v) is 9.37. The number of hydrogen-bond acceptors (Lipinski definition) is 5. The molecule has 142 valence electrons. The van der Waals surface area contributed by atoms with Gasteiger partial charge in [-0.1, -0.05) is 46.8 Å². The molecule has 3 rings (SSSR count). The van der Waals surface area contributed by atoms with Crippen molar-refractivity contribution in [3.8, 4) is 23.6 Å². The summed E-state index contributed by atoms with van der Waals surface area (Å²) in [5.41, 5.74) is 8.06. The number of allylic oxidation sites excluding steroid dienone is 1. The normalized spacial score (nSPS) is 10.8. The smallest absolute Gasteiger partial charge is 0.145 e. The molecule has 0 unspecified atom stereocenters. The quantitative estimate of drug-likeness (QED) is 0.436. The number of nitriles is 2. The fourth-order valence-corrected chi connectivity index (χ4v) is 3.10. The van der Waals surface area contributed by atoms with Crippen LogP contribution in [0.3, 0.4) is 0 Å². The van der Waals surface area contributed by atoms with E-state index in [-0.39, 0.29) is 22.6 Å². The second-order valence-corrected chi connectivity index (χ2v) is 6.84. The number of para-hydroxylation sites is 1. The monoisotopic (exact) mass is 445 g/mol. The van der Waals surface area contributed by atoms with E-state index in [1.807, 2.05) is 42.5 Å². The third kappa shape index (κ3) is 4.21. The molecule has 1 heterocycles. The molecule has 0 radical (unpaired) electrons. The molecule has 0 aliphatic heterocycles. The maximum absolute atomic E-state index is 9.78. The van der Waals surface area contributed by atoms with Crippen LogP contribution in [0.15, 0.2) is 65.7 Å². The van der Waals surface area contributed by atoms with Crippen LogP contribution >= 0.6 is 15.9 Å². The highest BCUT2D eigenvalue weighted by molar-refractivity contribution is 9.10. The van der Waals surface area contributed by atoms with E-state index in [2.05, 4.69) is 39.7 Å². The van der Waals surface area contributed by atoms with Crippen molar-refractivity contribution < 1.29 is 4.74 Å². The number of ether oxygens (including phenoxy) is 1. The molecule has 7 heteroatoms. The standard InChI is InChI=1S/C22H16BrN5O/c1-2-10-29-20-9-8-17(23)12-15(20)11-16(13-24)21-19(14-25)22(26)28(27-21)18-6-4-3-5-7-18/h2-9,11-12H,1,10,26H2/b16-11+. The molecule has 0 saturated heterocycles. The number of nitrogen functional groups attached to an aromatic ring is 1. The van der Waals surface area contributed by atoms with Crippen LogP contribution in [0.4, 0.5) is 5.82 Å². The molecular formula is C22H16BrN5O. The second-order valence-electron chi connectivity index (χ2n) is 5.92. The van der Waals surface area contributed by atoms with E-state index in [9.17, 15) is 10.5 Å². The van der Waals surface area contributed by atoms with Crippen molar-refractivity contribution in [1.29, 1.82) is 10.5 Å². The Kier molecular flexibility index (Phi) is 6.13. The molecule has 3 aromatic rings. The summed E-state index contributed by atoms with van der Waals surface area (Å²) in [7, 11) is 0. The van der Waals surface area contributed by atoms with Crippen LogP contribution < -0.4 is 10.5 Å². The molecule has 6 nitrogen and oxygen atoms in total. The number of nitrogens with two attached hydrogens (primary N) is 1. The van der Waals surface area contributed by atoms with Gasteiger partial charge in [-0.25, -0.2) is 4.68 Å². The second kappa shape index (κ2) is 8.92. The maximum atomic E-state index is 9.78. The summed E-state index contributed by atoms with van der Waals surface area (Å²) in [5, 5.41) is 23.8. The van der Waals surface area contributed by atoms with Crippen molar-refractivity contribution in [1.82, 2.24) is 9.78 Å². The third-order valence-corrected chi connectivity index (χ3v) is 4.53. The van der Waals surface area contributed by atoms with Gasteiger partial charge in [-0.3, -0.25) is 0 Å². The minimum atomic E-state index is 0.144. The summed E-state index contributed by atoms with van der Waals surface area (Å²) in [6.07, 6.45) is 3.26. The number of nitrogens with zero attached hydrogens (tertiary/aromatic N) is 4. The van der Waals surface area contributed by atoms with Crippen molar-refractivity contribution in [3.05, 3.63) is 82.5 Å². The predicted octanol–water partition coefficient (Wildman–Crippen LogP) is 4.72. The summed E-state index contributed by atoms with van der Waals surface area (Å²) in [6, 6.07) is 18.8. The Labute approximate surface area is 176 Å².